The molecule has 3 amide bonds. The number of para-hydroxylation sites is 1. The standard InChI is InChI=1S/C18H15N5O3/c24-15(19-13-7-3-8-14-16(13)21-22-20-14)9-4-10-23-17(25)11-5-1-2-6-12(11)18(23)26/h1-3,5-8H,4,9-10H2,(H,19,24)(H,20,21,22). The fourth-order valence-electron chi connectivity index (χ4n) is 3.02. The molecular weight excluding hydrogens is 334 g/mol. The molecule has 0 bridgehead atoms. The van der Waals surface area contributed by atoms with E-state index in [9.17, 15) is 14.4 Å². The predicted octanol–water partition coefficient (Wildman–Crippen LogP) is 1.97. The molecule has 2 aromatic carbocycles. The second-order valence-electron chi connectivity index (χ2n) is 5.96. The summed E-state index contributed by atoms with van der Waals surface area (Å²) in [4.78, 5) is 37.9. The molecule has 0 radical (unpaired) electrons. The zero-order valence-corrected chi connectivity index (χ0v) is 13.7. The Hall–Kier alpha value is -3.55. The van der Waals surface area contributed by atoms with Gasteiger partial charge < -0.3 is 5.32 Å². The van der Waals surface area contributed by atoms with Gasteiger partial charge in [0.25, 0.3) is 11.8 Å². The van der Waals surface area contributed by atoms with Crippen LogP contribution in [0, 0.1) is 0 Å². The summed E-state index contributed by atoms with van der Waals surface area (Å²) >= 11 is 0. The quantitative estimate of drug-likeness (QED) is 0.685. The van der Waals surface area contributed by atoms with E-state index in [4.69, 9.17) is 0 Å². The number of hydrogen-bond donors (Lipinski definition) is 2. The third kappa shape index (κ3) is 2.71. The first-order valence-corrected chi connectivity index (χ1v) is 8.20. The summed E-state index contributed by atoms with van der Waals surface area (Å²) in [6.45, 7) is 0.202. The minimum absolute atomic E-state index is 0.182. The van der Waals surface area contributed by atoms with E-state index in [-0.39, 0.29) is 30.7 Å². The van der Waals surface area contributed by atoms with E-state index in [1.807, 2.05) is 0 Å². The Labute approximate surface area is 148 Å². The molecular formula is C18H15N5O3. The number of nitrogens with zero attached hydrogens (tertiary/aromatic N) is 3. The average molecular weight is 349 g/mol. The smallest absolute Gasteiger partial charge is 0.261 e. The molecule has 2 heterocycles. The maximum Gasteiger partial charge on any atom is 0.261 e. The summed E-state index contributed by atoms with van der Waals surface area (Å²) in [5.74, 6) is -0.825. The van der Waals surface area contributed by atoms with Gasteiger partial charge in [0, 0.05) is 13.0 Å². The highest BCUT2D eigenvalue weighted by molar-refractivity contribution is 6.21. The number of carbonyl (C=O) groups excluding carboxylic acids is 3. The lowest BCUT2D eigenvalue weighted by Gasteiger charge is -2.13. The summed E-state index contributed by atoms with van der Waals surface area (Å²) in [5, 5.41) is 13.3. The van der Waals surface area contributed by atoms with E-state index in [2.05, 4.69) is 20.7 Å². The topological polar surface area (TPSA) is 108 Å². The lowest BCUT2D eigenvalue weighted by Crippen LogP contribution is -2.31. The molecule has 8 heteroatoms. The van der Waals surface area contributed by atoms with Gasteiger partial charge in [-0.2, -0.15) is 15.4 Å². The van der Waals surface area contributed by atoms with Crippen LogP contribution in [0.5, 0.6) is 0 Å². The zero-order valence-electron chi connectivity index (χ0n) is 13.7. The number of carbonyl (C=O) groups is 3. The summed E-state index contributed by atoms with van der Waals surface area (Å²) in [6, 6.07) is 12.0. The lowest BCUT2D eigenvalue weighted by atomic mass is 10.1. The summed E-state index contributed by atoms with van der Waals surface area (Å²) < 4.78 is 0. The van der Waals surface area contributed by atoms with Crippen molar-refractivity contribution in [3.63, 3.8) is 0 Å². The van der Waals surface area contributed by atoms with Crippen LogP contribution in [0.1, 0.15) is 33.6 Å². The minimum Gasteiger partial charge on any atom is -0.324 e. The normalized spacial score (nSPS) is 13.3. The van der Waals surface area contributed by atoms with E-state index < -0.39 is 0 Å². The monoisotopic (exact) mass is 349 g/mol. The Morgan fingerprint density at radius 1 is 1.00 bits per heavy atom. The predicted molar refractivity (Wildman–Crippen MR) is 93.6 cm³/mol. The van der Waals surface area contributed by atoms with Crippen LogP contribution in [-0.2, 0) is 4.79 Å². The fourth-order valence-corrected chi connectivity index (χ4v) is 3.02. The molecule has 0 atom stereocenters. The van der Waals surface area contributed by atoms with Gasteiger partial charge >= 0.3 is 0 Å². The molecule has 1 aliphatic rings. The van der Waals surface area contributed by atoms with Crippen molar-refractivity contribution >= 4 is 34.4 Å². The molecule has 1 aliphatic heterocycles. The molecule has 4 rings (SSSR count). The van der Waals surface area contributed by atoms with E-state index in [0.717, 1.165) is 0 Å². The third-order valence-corrected chi connectivity index (χ3v) is 4.28. The van der Waals surface area contributed by atoms with Gasteiger partial charge in [-0.05, 0) is 30.7 Å². The van der Waals surface area contributed by atoms with Gasteiger partial charge in [-0.15, -0.1) is 0 Å². The Morgan fingerprint density at radius 3 is 2.46 bits per heavy atom. The molecule has 8 nitrogen and oxygen atoms in total. The maximum absolute atomic E-state index is 12.3. The number of fused-ring (bicyclic) bond motifs is 2. The number of imide groups is 1. The van der Waals surface area contributed by atoms with Crippen LogP contribution in [-0.4, -0.2) is 44.6 Å². The molecule has 0 aliphatic carbocycles. The molecule has 0 fully saturated rings. The summed E-state index contributed by atoms with van der Waals surface area (Å²) in [5.41, 5.74) is 2.65. The number of anilines is 1. The van der Waals surface area contributed by atoms with Crippen LogP contribution in [0.3, 0.4) is 0 Å². The number of aromatic nitrogens is 3. The van der Waals surface area contributed by atoms with Crippen LogP contribution in [0.4, 0.5) is 5.69 Å². The van der Waals surface area contributed by atoms with Crippen LogP contribution < -0.4 is 5.32 Å². The van der Waals surface area contributed by atoms with Crippen molar-refractivity contribution < 1.29 is 14.4 Å². The maximum atomic E-state index is 12.3. The number of amides is 3. The Kier molecular flexibility index (Phi) is 3.92. The number of hydrogen-bond acceptors (Lipinski definition) is 5. The second-order valence-corrected chi connectivity index (χ2v) is 5.96. The van der Waals surface area contributed by atoms with E-state index in [1.54, 1.807) is 42.5 Å². The van der Waals surface area contributed by atoms with Crippen LogP contribution >= 0.6 is 0 Å². The molecule has 3 aromatic rings. The Morgan fingerprint density at radius 2 is 1.73 bits per heavy atom. The van der Waals surface area contributed by atoms with Crippen molar-refractivity contribution in [2.24, 2.45) is 0 Å². The molecule has 2 N–H and O–H groups in total. The van der Waals surface area contributed by atoms with Gasteiger partial charge in [0.15, 0.2) is 0 Å². The number of H-pyrrole nitrogens is 1. The first kappa shape index (κ1) is 15.9. The Bertz CT molecular complexity index is 991. The molecule has 26 heavy (non-hydrogen) atoms. The van der Waals surface area contributed by atoms with Gasteiger partial charge in [0.1, 0.15) is 11.0 Å². The van der Waals surface area contributed by atoms with Gasteiger partial charge in [-0.25, -0.2) is 0 Å². The van der Waals surface area contributed by atoms with Gasteiger partial charge in [0.05, 0.1) is 16.8 Å². The van der Waals surface area contributed by atoms with Crippen molar-refractivity contribution in [3.8, 4) is 0 Å². The van der Waals surface area contributed by atoms with Gasteiger partial charge in [-0.3, -0.25) is 19.3 Å². The fraction of sp³-hybridized carbons (Fsp3) is 0.167. The second kappa shape index (κ2) is 6.40. The molecule has 0 unspecified atom stereocenters. The van der Waals surface area contributed by atoms with Gasteiger partial charge in [-0.1, -0.05) is 18.2 Å². The van der Waals surface area contributed by atoms with Crippen LogP contribution in [0.25, 0.3) is 11.0 Å². The van der Waals surface area contributed by atoms with E-state index in [0.29, 0.717) is 34.3 Å². The van der Waals surface area contributed by atoms with Crippen LogP contribution in [0.2, 0.25) is 0 Å². The molecule has 0 spiro atoms. The summed E-state index contributed by atoms with van der Waals surface area (Å²) in [7, 11) is 0. The largest absolute Gasteiger partial charge is 0.324 e. The van der Waals surface area contributed by atoms with Crippen molar-refractivity contribution in [3.05, 3.63) is 53.6 Å². The van der Waals surface area contributed by atoms with Gasteiger partial charge in [0.2, 0.25) is 5.91 Å². The number of nitrogens with one attached hydrogen (secondary N) is 2. The van der Waals surface area contributed by atoms with Crippen molar-refractivity contribution in [1.29, 1.82) is 0 Å². The van der Waals surface area contributed by atoms with Crippen molar-refractivity contribution in [2.45, 2.75) is 12.8 Å². The zero-order chi connectivity index (χ0) is 18.1. The highest BCUT2D eigenvalue weighted by Gasteiger charge is 2.34. The van der Waals surface area contributed by atoms with E-state index in [1.165, 1.54) is 4.90 Å². The molecule has 130 valence electrons. The SMILES string of the molecule is O=C(CCCN1C(=O)c2ccccc2C1=O)Nc1cccc2n[nH]nc12. The molecule has 0 saturated carbocycles. The van der Waals surface area contributed by atoms with Crippen molar-refractivity contribution in [1.82, 2.24) is 20.3 Å². The number of rotatable bonds is 5. The number of aromatic amines is 1. The van der Waals surface area contributed by atoms with Crippen LogP contribution in [0.15, 0.2) is 42.5 Å². The average Bonchev–Trinajstić information content (AvgIpc) is 3.22. The first-order chi connectivity index (χ1) is 12.6. The first-order valence-electron chi connectivity index (χ1n) is 8.20. The van der Waals surface area contributed by atoms with E-state index >= 15 is 0 Å². The highest BCUT2D eigenvalue weighted by atomic mass is 16.2. The summed E-state index contributed by atoms with van der Waals surface area (Å²) in [6.07, 6.45) is 0.563. The molecule has 1 aromatic heterocycles. The third-order valence-electron chi connectivity index (χ3n) is 4.28. The van der Waals surface area contributed by atoms with Crippen molar-refractivity contribution in [2.75, 3.05) is 11.9 Å². The molecule has 0 saturated heterocycles. The Balaban J connectivity index is 1.35. The minimum atomic E-state index is -0.307. The lowest BCUT2D eigenvalue weighted by molar-refractivity contribution is -0.116. The number of benzene rings is 2. The highest BCUT2D eigenvalue weighted by Crippen LogP contribution is 2.23.